The first-order valence-corrected chi connectivity index (χ1v) is 10.8. The molecular formula is C21H21BrN4O2S. The molecule has 2 aromatic carbocycles. The molecule has 2 atom stereocenters. The maximum Gasteiger partial charge on any atom is 0.251 e. The normalized spacial score (nSPS) is 12.8. The lowest BCUT2D eigenvalue weighted by Crippen LogP contribution is -2.47. The first-order chi connectivity index (χ1) is 14.0. The van der Waals surface area contributed by atoms with Gasteiger partial charge in [-0.1, -0.05) is 77.9 Å². The van der Waals surface area contributed by atoms with E-state index in [2.05, 4.69) is 36.8 Å². The Kier molecular flexibility index (Phi) is 7.11. The summed E-state index contributed by atoms with van der Waals surface area (Å²) in [6.07, 6.45) is 0.743. The molecule has 2 N–H and O–H groups in total. The van der Waals surface area contributed by atoms with E-state index in [1.807, 2.05) is 44.2 Å². The predicted molar refractivity (Wildman–Crippen MR) is 119 cm³/mol. The monoisotopic (exact) mass is 472 g/mol. The zero-order valence-electron chi connectivity index (χ0n) is 16.1. The van der Waals surface area contributed by atoms with Crippen LogP contribution in [-0.4, -0.2) is 28.1 Å². The van der Waals surface area contributed by atoms with Crippen molar-refractivity contribution in [2.45, 2.75) is 26.3 Å². The number of nitrogens with one attached hydrogen (secondary N) is 2. The van der Waals surface area contributed by atoms with Crippen molar-refractivity contribution < 1.29 is 9.59 Å². The molecule has 0 aliphatic rings. The second-order valence-corrected chi connectivity index (χ2v) is 8.50. The van der Waals surface area contributed by atoms with Gasteiger partial charge in [-0.15, -0.1) is 10.2 Å². The average molecular weight is 473 g/mol. The number of aromatic nitrogens is 2. The van der Waals surface area contributed by atoms with Gasteiger partial charge < -0.3 is 5.32 Å². The minimum absolute atomic E-state index is 0.0403. The standard InChI is InChI=1S/C21H21BrN4O2S/c1-3-13(2)17(23-18(27)14-7-5-4-6-8-14)19(28)24-21-26-25-20(29-21)15-9-11-16(22)12-10-15/h4-13,17H,3H2,1-2H3,(H,23,27)(H,24,26,28). The van der Waals surface area contributed by atoms with Crippen LogP contribution in [0.1, 0.15) is 30.6 Å². The van der Waals surface area contributed by atoms with Crippen molar-refractivity contribution in [2.75, 3.05) is 5.32 Å². The highest BCUT2D eigenvalue weighted by Gasteiger charge is 2.27. The Morgan fingerprint density at radius 3 is 2.41 bits per heavy atom. The van der Waals surface area contributed by atoms with Crippen LogP contribution in [0.25, 0.3) is 10.6 Å². The Balaban J connectivity index is 1.72. The fourth-order valence-electron chi connectivity index (χ4n) is 2.68. The fourth-order valence-corrected chi connectivity index (χ4v) is 3.70. The molecule has 8 heteroatoms. The Hall–Kier alpha value is -2.58. The highest BCUT2D eigenvalue weighted by molar-refractivity contribution is 9.10. The lowest BCUT2D eigenvalue weighted by molar-refractivity contribution is -0.119. The zero-order chi connectivity index (χ0) is 20.8. The summed E-state index contributed by atoms with van der Waals surface area (Å²) >= 11 is 4.69. The van der Waals surface area contributed by atoms with Crippen molar-refractivity contribution in [1.29, 1.82) is 0 Å². The Morgan fingerprint density at radius 1 is 1.07 bits per heavy atom. The third-order valence-electron chi connectivity index (χ3n) is 4.56. The average Bonchev–Trinajstić information content (AvgIpc) is 3.20. The summed E-state index contributed by atoms with van der Waals surface area (Å²) in [5.74, 6) is -0.623. The smallest absolute Gasteiger partial charge is 0.251 e. The van der Waals surface area contributed by atoms with Crippen LogP contribution in [0.15, 0.2) is 59.1 Å². The maximum absolute atomic E-state index is 12.9. The van der Waals surface area contributed by atoms with Gasteiger partial charge in [-0.3, -0.25) is 14.9 Å². The Labute approximate surface area is 181 Å². The maximum atomic E-state index is 12.9. The molecule has 0 saturated carbocycles. The first kappa shape index (κ1) is 21.1. The number of carbonyl (C=O) groups is 2. The number of benzene rings is 2. The van der Waals surface area contributed by atoms with E-state index in [4.69, 9.17) is 0 Å². The van der Waals surface area contributed by atoms with Crippen LogP contribution in [0.2, 0.25) is 0 Å². The van der Waals surface area contributed by atoms with Crippen LogP contribution < -0.4 is 10.6 Å². The summed E-state index contributed by atoms with van der Waals surface area (Å²) in [5.41, 5.74) is 1.43. The van der Waals surface area contributed by atoms with Crippen molar-refractivity contribution in [3.05, 3.63) is 64.6 Å². The molecule has 1 aromatic heterocycles. The number of anilines is 1. The van der Waals surface area contributed by atoms with E-state index < -0.39 is 6.04 Å². The van der Waals surface area contributed by atoms with Gasteiger partial charge in [0.25, 0.3) is 5.91 Å². The summed E-state index contributed by atoms with van der Waals surface area (Å²) in [5, 5.41) is 15.0. The third-order valence-corrected chi connectivity index (χ3v) is 5.98. The van der Waals surface area contributed by atoms with Gasteiger partial charge in [0.05, 0.1) is 0 Å². The summed E-state index contributed by atoms with van der Waals surface area (Å²) in [7, 11) is 0. The van der Waals surface area contributed by atoms with E-state index in [0.29, 0.717) is 15.7 Å². The van der Waals surface area contributed by atoms with Crippen molar-refractivity contribution in [3.63, 3.8) is 0 Å². The number of nitrogens with zero attached hydrogens (tertiary/aromatic N) is 2. The molecule has 2 amide bonds. The van der Waals surface area contributed by atoms with Crippen molar-refractivity contribution in [1.82, 2.24) is 15.5 Å². The summed E-state index contributed by atoms with van der Waals surface area (Å²) in [4.78, 5) is 25.4. The van der Waals surface area contributed by atoms with Gasteiger partial charge in [-0.05, 0) is 30.2 Å². The molecule has 0 aliphatic heterocycles. The lowest BCUT2D eigenvalue weighted by Gasteiger charge is -2.23. The van der Waals surface area contributed by atoms with Gasteiger partial charge in [0.1, 0.15) is 11.0 Å². The van der Waals surface area contributed by atoms with Crippen molar-refractivity contribution in [3.8, 4) is 10.6 Å². The Bertz CT molecular complexity index is 976. The van der Waals surface area contributed by atoms with Gasteiger partial charge in [0.2, 0.25) is 11.0 Å². The minimum Gasteiger partial charge on any atom is -0.340 e. The largest absolute Gasteiger partial charge is 0.340 e. The summed E-state index contributed by atoms with van der Waals surface area (Å²) < 4.78 is 0.977. The molecule has 1 heterocycles. The molecule has 3 rings (SSSR count). The summed E-state index contributed by atoms with van der Waals surface area (Å²) in [6.45, 7) is 3.92. The van der Waals surface area contributed by atoms with E-state index in [-0.39, 0.29) is 17.7 Å². The number of hydrogen-bond donors (Lipinski definition) is 2. The molecule has 29 heavy (non-hydrogen) atoms. The number of halogens is 1. The number of carbonyl (C=O) groups excluding carboxylic acids is 2. The highest BCUT2D eigenvalue weighted by Crippen LogP contribution is 2.27. The zero-order valence-corrected chi connectivity index (χ0v) is 18.5. The molecule has 0 fully saturated rings. The van der Waals surface area contributed by atoms with Crippen LogP contribution in [0, 0.1) is 5.92 Å². The van der Waals surface area contributed by atoms with Gasteiger partial charge in [0.15, 0.2) is 0 Å². The molecule has 150 valence electrons. The molecule has 0 spiro atoms. The molecule has 0 radical (unpaired) electrons. The molecule has 0 saturated heterocycles. The van der Waals surface area contributed by atoms with Gasteiger partial charge in [-0.2, -0.15) is 0 Å². The summed E-state index contributed by atoms with van der Waals surface area (Å²) in [6, 6.07) is 15.9. The second-order valence-electron chi connectivity index (χ2n) is 6.61. The molecule has 3 aromatic rings. The molecule has 0 bridgehead atoms. The van der Waals surface area contributed by atoms with Crippen LogP contribution in [0.5, 0.6) is 0 Å². The van der Waals surface area contributed by atoms with Gasteiger partial charge >= 0.3 is 0 Å². The van der Waals surface area contributed by atoms with Crippen LogP contribution in [0.3, 0.4) is 0 Å². The van der Waals surface area contributed by atoms with Crippen molar-refractivity contribution >= 4 is 44.2 Å². The Morgan fingerprint density at radius 2 is 1.76 bits per heavy atom. The molecular weight excluding hydrogens is 452 g/mol. The van der Waals surface area contributed by atoms with E-state index in [1.54, 1.807) is 24.3 Å². The number of hydrogen-bond acceptors (Lipinski definition) is 5. The van der Waals surface area contributed by atoms with Crippen LogP contribution >= 0.6 is 27.3 Å². The highest BCUT2D eigenvalue weighted by atomic mass is 79.9. The SMILES string of the molecule is CCC(C)C(NC(=O)c1ccccc1)C(=O)Nc1nnc(-c2ccc(Br)cc2)s1. The predicted octanol–water partition coefficient (Wildman–Crippen LogP) is 4.75. The second kappa shape index (κ2) is 9.76. The van der Waals surface area contributed by atoms with Crippen LogP contribution in [-0.2, 0) is 4.79 Å². The minimum atomic E-state index is -0.673. The molecule has 6 nitrogen and oxygen atoms in total. The van der Waals surface area contributed by atoms with Gasteiger partial charge in [-0.25, -0.2) is 0 Å². The third kappa shape index (κ3) is 5.48. The molecule has 2 unspecified atom stereocenters. The van der Waals surface area contributed by atoms with Crippen molar-refractivity contribution in [2.24, 2.45) is 5.92 Å². The molecule has 0 aliphatic carbocycles. The fraction of sp³-hybridized carbons (Fsp3) is 0.238. The topological polar surface area (TPSA) is 84.0 Å². The van der Waals surface area contributed by atoms with Crippen LogP contribution in [0.4, 0.5) is 5.13 Å². The number of rotatable bonds is 7. The number of amides is 2. The quantitative estimate of drug-likeness (QED) is 0.519. The van der Waals surface area contributed by atoms with E-state index in [1.165, 1.54) is 11.3 Å². The first-order valence-electron chi connectivity index (χ1n) is 9.24. The van der Waals surface area contributed by atoms with E-state index in [0.717, 1.165) is 16.5 Å². The lowest BCUT2D eigenvalue weighted by atomic mass is 9.98. The van der Waals surface area contributed by atoms with E-state index in [9.17, 15) is 9.59 Å². The van der Waals surface area contributed by atoms with Gasteiger partial charge in [0, 0.05) is 15.6 Å². The van der Waals surface area contributed by atoms with E-state index >= 15 is 0 Å².